The first-order valence-electron chi connectivity index (χ1n) is 6.90. The van der Waals surface area contributed by atoms with Gasteiger partial charge in [0.15, 0.2) is 8.32 Å². The lowest BCUT2D eigenvalue weighted by molar-refractivity contribution is -0.108. The van der Waals surface area contributed by atoms with Gasteiger partial charge >= 0.3 is 0 Å². The Balaban J connectivity index is 2.74. The Labute approximate surface area is 118 Å². The smallest absolute Gasteiger partial charge is 0.192 e. The summed E-state index contributed by atoms with van der Waals surface area (Å²) in [7, 11) is -1.75. The third-order valence-electron chi connectivity index (χ3n) is 4.10. The van der Waals surface area contributed by atoms with Gasteiger partial charge in [0.1, 0.15) is 6.29 Å². The van der Waals surface area contributed by atoms with Crippen molar-refractivity contribution < 1.29 is 9.22 Å². The van der Waals surface area contributed by atoms with Crippen LogP contribution in [0.15, 0.2) is 30.3 Å². The first-order chi connectivity index (χ1) is 8.78. The SMILES string of the molecule is CC(C)(C)[Si](C)(C)OCC(CC=O)c1ccccc1. The summed E-state index contributed by atoms with van der Waals surface area (Å²) in [6.07, 6.45) is 1.52. The summed E-state index contributed by atoms with van der Waals surface area (Å²) in [6, 6.07) is 10.2. The quantitative estimate of drug-likeness (QED) is 0.570. The lowest BCUT2D eigenvalue weighted by atomic mass is 9.97. The second-order valence-corrected chi connectivity index (χ2v) is 11.4. The summed E-state index contributed by atoms with van der Waals surface area (Å²) < 4.78 is 6.24. The Bertz CT molecular complexity index is 393. The molecule has 2 nitrogen and oxygen atoms in total. The number of hydrogen-bond acceptors (Lipinski definition) is 2. The van der Waals surface area contributed by atoms with Crippen LogP contribution < -0.4 is 0 Å². The highest BCUT2D eigenvalue weighted by atomic mass is 28.4. The molecule has 1 aromatic carbocycles. The van der Waals surface area contributed by atoms with Crippen molar-refractivity contribution in [2.24, 2.45) is 0 Å². The molecule has 106 valence electrons. The predicted octanol–water partition coefficient (Wildman–Crippen LogP) is 4.38. The molecular weight excluding hydrogens is 252 g/mol. The highest BCUT2D eigenvalue weighted by molar-refractivity contribution is 6.74. The van der Waals surface area contributed by atoms with Crippen molar-refractivity contribution >= 4 is 14.6 Å². The van der Waals surface area contributed by atoms with Crippen molar-refractivity contribution in [3.05, 3.63) is 35.9 Å². The minimum atomic E-state index is -1.75. The second-order valence-electron chi connectivity index (χ2n) is 6.58. The van der Waals surface area contributed by atoms with Gasteiger partial charge < -0.3 is 9.22 Å². The number of aldehydes is 1. The molecule has 0 aliphatic heterocycles. The molecule has 0 saturated heterocycles. The van der Waals surface area contributed by atoms with Crippen molar-refractivity contribution in [2.75, 3.05) is 6.61 Å². The van der Waals surface area contributed by atoms with E-state index >= 15 is 0 Å². The Morgan fingerprint density at radius 1 is 1.21 bits per heavy atom. The molecule has 0 fully saturated rings. The molecule has 0 spiro atoms. The third-order valence-corrected chi connectivity index (χ3v) is 8.60. The van der Waals surface area contributed by atoms with Crippen LogP contribution in [0.4, 0.5) is 0 Å². The predicted molar refractivity (Wildman–Crippen MR) is 83.0 cm³/mol. The van der Waals surface area contributed by atoms with Gasteiger partial charge in [0.05, 0.1) is 0 Å². The van der Waals surface area contributed by atoms with E-state index in [1.165, 1.54) is 5.56 Å². The maximum atomic E-state index is 10.9. The number of hydrogen-bond donors (Lipinski definition) is 0. The van der Waals surface area contributed by atoms with Crippen LogP contribution >= 0.6 is 0 Å². The van der Waals surface area contributed by atoms with Gasteiger partial charge in [0.25, 0.3) is 0 Å². The molecule has 0 heterocycles. The van der Waals surface area contributed by atoms with E-state index in [9.17, 15) is 4.79 Å². The molecule has 3 heteroatoms. The standard InChI is InChI=1S/C16H26O2Si/c1-16(2,3)19(4,5)18-13-15(11-12-17)14-9-7-6-8-10-14/h6-10,12,15H,11,13H2,1-5H3. The maximum absolute atomic E-state index is 10.9. The summed E-state index contributed by atoms with van der Waals surface area (Å²) >= 11 is 0. The average molecular weight is 278 g/mol. The number of carbonyl (C=O) groups excluding carboxylic acids is 1. The Kier molecular flexibility index (Phi) is 5.50. The van der Waals surface area contributed by atoms with Crippen LogP contribution in [0, 0.1) is 0 Å². The Hall–Kier alpha value is -0.933. The molecule has 1 aromatic rings. The van der Waals surface area contributed by atoms with Gasteiger partial charge in [-0.2, -0.15) is 0 Å². The zero-order chi connectivity index (χ0) is 14.5. The molecule has 0 aromatic heterocycles. The minimum absolute atomic E-state index is 0.174. The molecule has 1 unspecified atom stereocenters. The van der Waals surface area contributed by atoms with Crippen molar-refractivity contribution in [2.45, 2.75) is 51.2 Å². The van der Waals surface area contributed by atoms with Crippen LogP contribution in [-0.2, 0) is 9.22 Å². The van der Waals surface area contributed by atoms with Gasteiger partial charge in [-0.1, -0.05) is 51.1 Å². The number of benzene rings is 1. The van der Waals surface area contributed by atoms with E-state index in [-0.39, 0.29) is 11.0 Å². The topological polar surface area (TPSA) is 26.3 Å². The number of rotatable bonds is 6. The molecule has 0 aliphatic carbocycles. The molecule has 0 amide bonds. The highest BCUT2D eigenvalue weighted by Crippen LogP contribution is 2.37. The van der Waals surface area contributed by atoms with Crippen molar-refractivity contribution in [3.8, 4) is 0 Å². The van der Waals surface area contributed by atoms with Crippen molar-refractivity contribution in [1.29, 1.82) is 0 Å². The second kappa shape index (κ2) is 6.48. The summed E-state index contributed by atoms with van der Waals surface area (Å²) in [5.74, 6) is 0.174. The van der Waals surface area contributed by atoms with E-state index in [1.807, 2.05) is 18.2 Å². The summed E-state index contributed by atoms with van der Waals surface area (Å²) in [6.45, 7) is 11.8. The molecule has 0 saturated carbocycles. The Morgan fingerprint density at radius 2 is 1.79 bits per heavy atom. The van der Waals surface area contributed by atoms with Crippen molar-refractivity contribution in [1.82, 2.24) is 0 Å². The fourth-order valence-corrected chi connectivity index (χ4v) is 2.72. The van der Waals surface area contributed by atoms with Crippen LogP contribution in [0.3, 0.4) is 0 Å². The normalized spacial score (nSPS) is 14.2. The fourth-order valence-electron chi connectivity index (χ4n) is 1.67. The molecule has 1 rings (SSSR count). The van der Waals surface area contributed by atoms with Gasteiger partial charge in [0, 0.05) is 18.9 Å². The van der Waals surface area contributed by atoms with Gasteiger partial charge in [-0.05, 0) is 23.7 Å². The molecule has 1 atom stereocenters. The highest BCUT2D eigenvalue weighted by Gasteiger charge is 2.37. The van der Waals surface area contributed by atoms with Crippen LogP contribution in [0.1, 0.15) is 38.7 Å². The average Bonchev–Trinajstić information content (AvgIpc) is 2.34. The largest absolute Gasteiger partial charge is 0.416 e. The summed E-state index contributed by atoms with van der Waals surface area (Å²) in [4.78, 5) is 10.9. The minimum Gasteiger partial charge on any atom is -0.416 e. The van der Waals surface area contributed by atoms with Crippen LogP contribution in [-0.4, -0.2) is 21.2 Å². The zero-order valence-electron chi connectivity index (χ0n) is 12.8. The maximum Gasteiger partial charge on any atom is 0.192 e. The van der Waals surface area contributed by atoms with E-state index in [0.29, 0.717) is 13.0 Å². The molecule has 0 N–H and O–H groups in total. The molecule has 0 aliphatic rings. The van der Waals surface area contributed by atoms with Gasteiger partial charge in [-0.3, -0.25) is 0 Å². The van der Waals surface area contributed by atoms with Crippen LogP contribution in [0.5, 0.6) is 0 Å². The first kappa shape index (κ1) is 16.1. The monoisotopic (exact) mass is 278 g/mol. The summed E-state index contributed by atoms with van der Waals surface area (Å²) in [5.41, 5.74) is 1.19. The van der Waals surface area contributed by atoms with Crippen molar-refractivity contribution in [3.63, 3.8) is 0 Å². The van der Waals surface area contributed by atoms with E-state index < -0.39 is 8.32 Å². The van der Waals surface area contributed by atoms with E-state index in [1.54, 1.807) is 0 Å². The fraction of sp³-hybridized carbons (Fsp3) is 0.562. The number of carbonyl (C=O) groups is 1. The zero-order valence-corrected chi connectivity index (χ0v) is 13.8. The van der Waals surface area contributed by atoms with Gasteiger partial charge in [0.2, 0.25) is 0 Å². The van der Waals surface area contributed by atoms with E-state index in [0.717, 1.165) is 6.29 Å². The van der Waals surface area contributed by atoms with Crippen LogP contribution in [0.25, 0.3) is 0 Å². The lowest BCUT2D eigenvalue weighted by Gasteiger charge is -2.37. The van der Waals surface area contributed by atoms with E-state index in [2.05, 4.69) is 46.0 Å². The molecular formula is C16H26O2Si. The molecule has 0 radical (unpaired) electrons. The van der Waals surface area contributed by atoms with E-state index in [4.69, 9.17) is 4.43 Å². The third kappa shape index (κ3) is 4.59. The lowest BCUT2D eigenvalue weighted by Crippen LogP contribution is -2.41. The van der Waals surface area contributed by atoms with Gasteiger partial charge in [-0.25, -0.2) is 0 Å². The summed E-state index contributed by atoms with van der Waals surface area (Å²) in [5, 5.41) is 0.204. The Morgan fingerprint density at radius 3 is 2.26 bits per heavy atom. The first-order valence-corrected chi connectivity index (χ1v) is 9.81. The molecule has 19 heavy (non-hydrogen) atoms. The van der Waals surface area contributed by atoms with Crippen LogP contribution in [0.2, 0.25) is 18.1 Å². The van der Waals surface area contributed by atoms with Gasteiger partial charge in [-0.15, -0.1) is 0 Å². The molecule has 0 bridgehead atoms.